The highest BCUT2D eigenvalue weighted by Crippen LogP contribution is 2.34. The quantitative estimate of drug-likeness (QED) is 0.658. The maximum Gasteiger partial charge on any atom is 0.265 e. The predicted molar refractivity (Wildman–Crippen MR) is 57.1 cm³/mol. The molecule has 3 aliphatic rings. The normalized spacial score (nSPS) is 25.1. The first-order valence-electron chi connectivity index (χ1n) is 5.37. The molecule has 15 heavy (non-hydrogen) atoms. The van der Waals surface area contributed by atoms with Crippen molar-refractivity contribution in [2.24, 2.45) is 10.9 Å². The number of hydrazine groups is 1. The second-order valence-corrected chi connectivity index (χ2v) is 4.16. The van der Waals surface area contributed by atoms with Gasteiger partial charge in [0.25, 0.3) is 5.91 Å². The number of amidine groups is 1. The van der Waals surface area contributed by atoms with E-state index < -0.39 is 0 Å². The third-order valence-electron chi connectivity index (χ3n) is 3.25. The minimum Gasteiger partial charge on any atom is -0.281 e. The van der Waals surface area contributed by atoms with Crippen molar-refractivity contribution in [3.8, 4) is 0 Å². The monoisotopic (exact) mass is 203 g/mol. The number of rotatable bonds is 1. The van der Waals surface area contributed by atoms with Crippen molar-refractivity contribution in [1.82, 2.24) is 10.9 Å². The maximum absolute atomic E-state index is 11.8. The Morgan fingerprint density at radius 2 is 2.20 bits per heavy atom. The van der Waals surface area contributed by atoms with Gasteiger partial charge in [-0.3, -0.25) is 20.6 Å². The van der Waals surface area contributed by atoms with Crippen LogP contribution in [0.15, 0.2) is 28.3 Å². The summed E-state index contributed by atoms with van der Waals surface area (Å²) >= 11 is 0. The van der Waals surface area contributed by atoms with Gasteiger partial charge in [-0.05, 0) is 24.8 Å². The van der Waals surface area contributed by atoms with Gasteiger partial charge in [-0.2, -0.15) is 0 Å². The molecule has 0 saturated heterocycles. The number of hydrogen-bond acceptors (Lipinski definition) is 3. The second kappa shape index (κ2) is 3.22. The van der Waals surface area contributed by atoms with Crippen molar-refractivity contribution in [2.45, 2.75) is 19.3 Å². The number of hydrogen-bond donors (Lipinski definition) is 2. The Balaban J connectivity index is 1.95. The molecule has 4 heteroatoms. The lowest BCUT2D eigenvalue weighted by molar-refractivity contribution is -0.118. The van der Waals surface area contributed by atoms with Gasteiger partial charge in [0.1, 0.15) is 5.84 Å². The molecule has 0 bridgehead atoms. The number of nitrogens with zero attached hydrogens (tertiary/aromatic N) is 1. The molecule has 0 spiro atoms. The summed E-state index contributed by atoms with van der Waals surface area (Å²) in [5.41, 5.74) is 7.50. The summed E-state index contributed by atoms with van der Waals surface area (Å²) in [6, 6.07) is 0. The first-order valence-corrected chi connectivity index (χ1v) is 5.37. The van der Waals surface area contributed by atoms with Crippen molar-refractivity contribution in [3.63, 3.8) is 0 Å². The molecule has 2 aliphatic heterocycles. The summed E-state index contributed by atoms with van der Waals surface area (Å²) < 4.78 is 0. The molecular formula is C11H13N3O. The lowest BCUT2D eigenvalue weighted by Crippen LogP contribution is -2.41. The Kier molecular flexibility index (Phi) is 1.87. The first kappa shape index (κ1) is 8.71. The molecule has 78 valence electrons. The molecule has 0 aromatic carbocycles. The van der Waals surface area contributed by atoms with E-state index in [0.29, 0.717) is 12.5 Å². The van der Waals surface area contributed by atoms with Crippen molar-refractivity contribution in [2.75, 3.05) is 6.54 Å². The van der Waals surface area contributed by atoms with Crippen molar-refractivity contribution < 1.29 is 4.79 Å². The molecule has 0 unspecified atom stereocenters. The zero-order valence-corrected chi connectivity index (χ0v) is 8.42. The van der Waals surface area contributed by atoms with E-state index in [4.69, 9.17) is 0 Å². The van der Waals surface area contributed by atoms with Crippen LogP contribution in [-0.4, -0.2) is 18.3 Å². The minimum atomic E-state index is -0.00213. The van der Waals surface area contributed by atoms with Crippen LogP contribution in [-0.2, 0) is 4.79 Å². The number of carbonyl (C=O) groups is 1. The molecular weight excluding hydrogens is 190 g/mol. The van der Waals surface area contributed by atoms with Gasteiger partial charge >= 0.3 is 0 Å². The maximum atomic E-state index is 11.8. The zero-order valence-electron chi connectivity index (χ0n) is 8.42. The van der Waals surface area contributed by atoms with Gasteiger partial charge in [0.05, 0.1) is 6.54 Å². The van der Waals surface area contributed by atoms with Crippen LogP contribution in [0.3, 0.4) is 0 Å². The molecule has 1 amide bonds. The summed E-state index contributed by atoms with van der Waals surface area (Å²) in [4.78, 5) is 16.0. The topological polar surface area (TPSA) is 53.5 Å². The molecule has 0 atom stereocenters. The van der Waals surface area contributed by atoms with Gasteiger partial charge in [0.2, 0.25) is 0 Å². The first-order chi connectivity index (χ1) is 7.34. The van der Waals surface area contributed by atoms with Crippen molar-refractivity contribution >= 4 is 11.7 Å². The smallest absolute Gasteiger partial charge is 0.265 e. The minimum absolute atomic E-state index is 0.00213. The van der Waals surface area contributed by atoms with Crippen LogP contribution in [0.25, 0.3) is 0 Å². The van der Waals surface area contributed by atoms with E-state index in [2.05, 4.69) is 15.8 Å². The van der Waals surface area contributed by atoms with E-state index in [0.717, 1.165) is 29.8 Å². The Labute approximate surface area is 88.1 Å². The van der Waals surface area contributed by atoms with Crippen molar-refractivity contribution in [3.05, 3.63) is 23.3 Å². The molecule has 0 radical (unpaired) electrons. The summed E-state index contributed by atoms with van der Waals surface area (Å²) in [5, 5.41) is 0. The highest BCUT2D eigenvalue weighted by Gasteiger charge is 2.29. The van der Waals surface area contributed by atoms with E-state index in [-0.39, 0.29) is 5.91 Å². The average molecular weight is 203 g/mol. The number of fused-ring (bicyclic) bond motifs is 1. The fourth-order valence-electron chi connectivity index (χ4n) is 2.11. The standard InChI is InChI=1S/C11H13N3O/c15-11-9(7-2-1-3-7)6-8-4-5-12-10(8)13-14-11/h4,6-7H,1-3,5H2,(H,12,13)(H,14,15). The third kappa shape index (κ3) is 1.37. The van der Waals surface area contributed by atoms with Gasteiger partial charge in [0.15, 0.2) is 0 Å². The van der Waals surface area contributed by atoms with E-state index in [1.54, 1.807) is 0 Å². The highest BCUT2D eigenvalue weighted by molar-refractivity contribution is 6.08. The van der Waals surface area contributed by atoms with Crippen LogP contribution in [0.2, 0.25) is 0 Å². The molecule has 2 heterocycles. The summed E-state index contributed by atoms with van der Waals surface area (Å²) in [6.45, 7) is 0.710. The van der Waals surface area contributed by atoms with Crippen LogP contribution in [0.1, 0.15) is 19.3 Å². The fourth-order valence-corrected chi connectivity index (χ4v) is 2.11. The number of amides is 1. The molecule has 4 nitrogen and oxygen atoms in total. The summed E-state index contributed by atoms with van der Waals surface area (Å²) in [7, 11) is 0. The summed E-state index contributed by atoms with van der Waals surface area (Å²) in [5.74, 6) is 1.24. The highest BCUT2D eigenvalue weighted by atomic mass is 16.2. The number of aliphatic imine (C=N–C) groups is 1. The van der Waals surface area contributed by atoms with Crippen LogP contribution in [0, 0.1) is 5.92 Å². The van der Waals surface area contributed by atoms with Gasteiger partial charge in [-0.1, -0.05) is 12.5 Å². The molecule has 3 rings (SSSR count). The zero-order chi connectivity index (χ0) is 10.3. The van der Waals surface area contributed by atoms with Gasteiger partial charge in [-0.25, -0.2) is 0 Å². The Bertz CT molecular complexity index is 402. The fraction of sp³-hybridized carbons (Fsp3) is 0.455. The number of carbonyl (C=O) groups excluding carboxylic acids is 1. The van der Waals surface area contributed by atoms with Crippen LogP contribution in [0.5, 0.6) is 0 Å². The van der Waals surface area contributed by atoms with Crippen LogP contribution in [0.4, 0.5) is 0 Å². The van der Waals surface area contributed by atoms with Gasteiger partial charge < -0.3 is 0 Å². The molecule has 0 aromatic rings. The SMILES string of the molecule is O=C1NNC2=NCC=C2C=C1C1CCC1. The molecule has 1 fully saturated rings. The van der Waals surface area contributed by atoms with E-state index >= 15 is 0 Å². The van der Waals surface area contributed by atoms with Gasteiger partial charge in [-0.15, -0.1) is 0 Å². The summed E-state index contributed by atoms with van der Waals surface area (Å²) in [6.07, 6.45) is 7.55. The number of nitrogens with one attached hydrogen (secondary N) is 2. The Morgan fingerprint density at radius 3 is 2.93 bits per heavy atom. The average Bonchev–Trinajstić information content (AvgIpc) is 2.53. The second-order valence-electron chi connectivity index (χ2n) is 4.16. The molecule has 1 saturated carbocycles. The van der Waals surface area contributed by atoms with E-state index in [1.807, 2.05) is 12.2 Å². The molecule has 1 aliphatic carbocycles. The lowest BCUT2D eigenvalue weighted by atomic mass is 9.78. The van der Waals surface area contributed by atoms with Crippen LogP contribution < -0.4 is 10.9 Å². The predicted octanol–water partition coefficient (Wildman–Crippen LogP) is 0.686. The Morgan fingerprint density at radius 1 is 1.33 bits per heavy atom. The van der Waals surface area contributed by atoms with E-state index in [9.17, 15) is 4.79 Å². The molecule has 2 N–H and O–H groups in total. The van der Waals surface area contributed by atoms with Crippen molar-refractivity contribution in [1.29, 1.82) is 0 Å². The lowest BCUT2D eigenvalue weighted by Gasteiger charge is -2.26. The van der Waals surface area contributed by atoms with E-state index in [1.165, 1.54) is 6.42 Å². The molecule has 0 aromatic heterocycles. The van der Waals surface area contributed by atoms with Gasteiger partial charge in [0, 0.05) is 11.1 Å². The Hall–Kier alpha value is -1.58. The third-order valence-corrected chi connectivity index (χ3v) is 3.25. The van der Waals surface area contributed by atoms with Crippen LogP contribution >= 0.6 is 0 Å². The largest absolute Gasteiger partial charge is 0.281 e.